The van der Waals surface area contributed by atoms with Crippen molar-refractivity contribution in [1.82, 2.24) is 4.98 Å². The van der Waals surface area contributed by atoms with Gasteiger partial charge in [-0.1, -0.05) is 36.0 Å². The van der Waals surface area contributed by atoms with E-state index < -0.39 is 0 Å². The number of aromatic nitrogens is 1. The summed E-state index contributed by atoms with van der Waals surface area (Å²) >= 11 is 12.7. The highest BCUT2D eigenvalue weighted by atomic mass is 35.5. The third kappa shape index (κ3) is 2.53. The van der Waals surface area contributed by atoms with Crippen molar-refractivity contribution < 1.29 is 0 Å². The third-order valence-corrected chi connectivity index (χ3v) is 3.35. The van der Waals surface area contributed by atoms with Crippen LogP contribution >= 0.6 is 35.2 Å². The van der Waals surface area contributed by atoms with E-state index in [1.54, 1.807) is 11.7 Å². The molecule has 76 valence electrons. The van der Waals surface area contributed by atoms with Crippen molar-refractivity contribution in [2.75, 3.05) is 5.32 Å². The van der Waals surface area contributed by atoms with E-state index >= 15 is 0 Å². The molecule has 2 aromatic rings. The number of halogens is 1. The molecule has 0 saturated heterocycles. The molecule has 2 nitrogen and oxygen atoms in total. The maximum atomic E-state index is 6.00. The summed E-state index contributed by atoms with van der Waals surface area (Å²) in [5.41, 5.74) is 2.56. The molecule has 0 radical (unpaired) electrons. The van der Waals surface area contributed by atoms with Gasteiger partial charge in [-0.3, -0.25) is 4.98 Å². The van der Waals surface area contributed by atoms with Gasteiger partial charge in [-0.15, -0.1) is 11.3 Å². The fourth-order valence-corrected chi connectivity index (χ4v) is 2.08. The molecule has 1 aromatic heterocycles. The Morgan fingerprint density at radius 1 is 1.40 bits per heavy atom. The van der Waals surface area contributed by atoms with Crippen LogP contribution in [0.25, 0.3) is 0 Å². The van der Waals surface area contributed by atoms with Crippen LogP contribution in [0, 0.1) is 0 Å². The molecule has 0 amide bonds. The molecule has 0 spiro atoms. The molecule has 0 atom stereocenters. The zero-order valence-corrected chi connectivity index (χ0v) is 9.99. The predicted molar refractivity (Wildman–Crippen MR) is 68.9 cm³/mol. The van der Waals surface area contributed by atoms with Gasteiger partial charge in [0.25, 0.3) is 0 Å². The monoisotopic (exact) mass is 254 g/mol. The van der Waals surface area contributed by atoms with Crippen molar-refractivity contribution in [2.24, 2.45) is 0 Å². The first-order valence-electron chi connectivity index (χ1n) is 4.22. The lowest BCUT2D eigenvalue weighted by atomic mass is 10.3. The van der Waals surface area contributed by atoms with Gasteiger partial charge in [-0.05, 0) is 12.1 Å². The summed E-state index contributed by atoms with van der Waals surface area (Å²) in [6, 6.07) is 7.49. The molecule has 0 aliphatic heterocycles. The van der Waals surface area contributed by atoms with E-state index in [-0.39, 0.29) is 0 Å². The van der Waals surface area contributed by atoms with E-state index in [4.69, 9.17) is 23.8 Å². The first-order chi connectivity index (χ1) is 7.27. The number of benzene rings is 1. The fourth-order valence-electron chi connectivity index (χ4n) is 1.07. The van der Waals surface area contributed by atoms with Gasteiger partial charge >= 0.3 is 0 Å². The van der Waals surface area contributed by atoms with Crippen LogP contribution in [0.15, 0.2) is 36.0 Å². The largest absolute Gasteiger partial charge is 0.344 e. The van der Waals surface area contributed by atoms with Crippen LogP contribution in [0.3, 0.4) is 0 Å². The molecule has 2 rings (SSSR count). The van der Waals surface area contributed by atoms with Crippen molar-refractivity contribution in [3.8, 4) is 0 Å². The smallest absolute Gasteiger partial charge is 0.122 e. The van der Waals surface area contributed by atoms with Crippen LogP contribution < -0.4 is 5.32 Å². The minimum absolute atomic E-state index is 0.644. The van der Waals surface area contributed by atoms with Crippen LogP contribution in [-0.2, 0) is 0 Å². The average Bonchev–Trinajstić information content (AvgIpc) is 2.74. The number of anilines is 1. The molecule has 1 heterocycles. The van der Waals surface area contributed by atoms with Gasteiger partial charge in [0, 0.05) is 6.20 Å². The van der Waals surface area contributed by atoms with Gasteiger partial charge in [0.05, 0.1) is 21.1 Å². The van der Waals surface area contributed by atoms with E-state index in [1.165, 1.54) is 11.3 Å². The number of rotatable bonds is 2. The number of para-hydroxylation sites is 1. The molecule has 0 aliphatic rings. The first-order valence-corrected chi connectivity index (χ1v) is 5.88. The molecular weight excluding hydrogens is 248 g/mol. The SMILES string of the molecule is S=C(Nc1ccccc1Cl)c1cncs1. The number of nitrogens with zero attached hydrogens (tertiary/aromatic N) is 1. The van der Waals surface area contributed by atoms with E-state index in [0.29, 0.717) is 10.0 Å². The Morgan fingerprint density at radius 3 is 2.87 bits per heavy atom. The van der Waals surface area contributed by atoms with Gasteiger partial charge in [0.2, 0.25) is 0 Å². The second-order valence-corrected chi connectivity index (χ2v) is 4.50. The Morgan fingerprint density at radius 2 is 2.20 bits per heavy atom. The van der Waals surface area contributed by atoms with Crippen molar-refractivity contribution in [2.45, 2.75) is 0 Å². The van der Waals surface area contributed by atoms with Crippen molar-refractivity contribution >= 4 is 45.8 Å². The Hall–Kier alpha value is -0.970. The summed E-state index contributed by atoms with van der Waals surface area (Å²) < 4.78 is 0. The number of thiazole rings is 1. The van der Waals surface area contributed by atoms with Crippen molar-refractivity contribution in [3.05, 3.63) is 45.9 Å². The highest BCUT2D eigenvalue weighted by Gasteiger charge is 2.05. The maximum Gasteiger partial charge on any atom is 0.122 e. The van der Waals surface area contributed by atoms with Crippen LogP contribution in [0.2, 0.25) is 5.02 Å². The Balaban J connectivity index is 2.17. The topological polar surface area (TPSA) is 24.9 Å². The van der Waals surface area contributed by atoms with Crippen LogP contribution in [0.5, 0.6) is 0 Å². The quantitative estimate of drug-likeness (QED) is 0.830. The van der Waals surface area contributed by atoms with E-state index in [1.807, 2.05) is 24.3 Å². The fraction of sp³-hybridized carbons (Fsp3) is 0. The second-order valence-electron chi connectivity index (χ2n) is 2.80. The van der Waals surface area contributed by atoms with Gasteiger partial charge < -0.3 is 5.32 Å². The molecule has 1 N–H and O–H groups in total. The maximum absolute atomic E-state index is 6.00. The molecule has 0 saturated carbocycles. The van der Waals surface area contributed by atoms with Crippen molar-refractivity contribution in [1.29, 1.82) is 0 Å². The lowest BCUT2D eigenvalue weighted by Crippen LogP contribution is -2.08. The number of hydrogen-bond donors (Lipinski definition) is 1. The lowest BCUT2D eigenvalue weighted by molar-refractivity contribution is 1.42. The highest BCUT2D eigenvalue weighted by Crippen LogP contribution is 2.21. The van der Waals surface area contributed by atoms with Gasteiger partial charge in [0.1, 0.15) is 4.99 Å². The lowest BCUT2D eigenvalue weighted by Gasteiger charge is -2.06. The van der Waals surface area contributed by atoms with E-state index in [2.05, 4.69) is 10.3 Å². The van der Waals surface area contributed by atoms with Gasteiger partial charge in [0.15, 0.2) is 0 Å². The normalized spacial score (nSPS) is 9.93. The summed E-state index contributed by atoms with van der Waals surface area (Å²) in [5, 5.41) is 3.74. The zero-order valence-electron chi connectivity index (χ0n) is 7.61. The predicted octanol–water partition coefficient (Wildman–Crippen LogP) is 3.58. The molecular formula is C10H7ClN2S2. The Kier molecular flexibility index (Phi) is 3.30. The third-order valence-electron chi connectivity index (χ3n) is 1.78. The summed E-state index contributed by atoms with van der Waals surface area (Å²) in [7, 11) is 0. The number of nitrogens with one attached hydrogen (secondary N) is 1. The molecule has 5 heteroatoms. The summed E-state index contributed by atoms with van der Waals surface area (Å²) in [4.78, 5) is 5.54. The second kappa shape index (κ2) is 4.70. The zero-order chi connectivity index (χ0) is 10.7. The average molecular weight is 255 g/mol. The van der Waals surface area contributed by atoms with Crippen LogP contribution in [0.4, 0.5) is 5.69 Å². The molecule has 0 aliphatic carbocycles. The Labute approximate surface area is 102 Å². The highest BCUT2D eigenvalue weighted by molar-refractivity contribution is 7.81. The Bertz CT molecular complexity index is 468. The summed E-state index contributed by atoms with van der Waals surface area (Å²) in [6.07, 6.45) is 1.73. The van der Waals surface area contributed by atoms with Crippen molar-refractivity contribution in [3.63, 3.8) is 0 Å². The number of hydrogen-bond acceptors (Lipinski definition) is 3. The summed E-state index contributed by atoms with van der Waals surface area (Å²) in [5.74, 6) is 0. The summed E-state index contributed by atoms with van der Waals surface area (Å²) in [6.45, 7) is 0. The minimum atomic E-state index is 0.644. The first kappa shape index (κ1) is 10.5. The van der Waals surface area contributed by atoms with Gasteiger partial charge in [-0.2, -0.15) is 0 Å². The molecule has 15 heavy (non-hydrogen) atoms. The molecule has 0 unspecified atom stereocenters. The molecule has 1 aromatic carbocycles. The molecule has 0 bridgehead atoms. The minimum Gasteiger partial charge on any atom is -0.344 e. The molecule has 0 fully saturated rings. The van der Waals surface area contributed by atoms with E-state index in [9.17, 15) is 0 Å². The standard InChI is InChI=1S/C10H7ClN2S2/c11-7-3-1-2-4-8(7)13-10(14)9-5-12-6-15-9/h1-6H,(H,13,14). The van der Waals surface area contributed by atoms with E-state index in [0.717, 1.165) is 10.6 Å². The van der Waals surface area contributed by atoms with Gasteiger partial charge in [-0.25, -0.2) is 0 Å². The number of thiocarbonyl (C=S) groups is 1. The van der Waals surface area contributed by atoms with Crippen LogP contribution in [0.1, 0.15) is 4.88 Å². The van der Waals surface area contributed by atoms with Crippen LogP contribution in [-0.4, -0.2) is 9.97 Å².